The average Bonchev–Trinajstić information content (AvgIpc) is 2.93. The Morgan fingerprint density at radius 3 is 2.67 bits per heavy atom. The highest BCUT2D eigenvalue weighted by atomic mass is 32.1. The van der Waals surface area contributed by atoms with Gasteiger partial charge in [0.15, 0.2) is 0 Å². The summed E-state index contributed by atoms with van der Waals surface area (Å²) in [6.45, 7) is 2.13. The summed E-state index contributed by atoms with van der Waals surface area (Å²) in [4.78, 5) is 12.1. The van der Waals surface area contributed by atoms with Crippen molar-refractivity contribution in [3.8, 4) is 0 Å². The van der Waals surface area contributed by atoms with Crippen LogP contribution in [0.15, 0.2) is 47.2 Å². The molecule has 0 saturated carbocycles. The zero-order valence-electron chi connectivity index (χ0n) is 10.4. The van der Waals surface area contributed by atoms with Gasteiger partial charge in [-0.25, -0.2) is 0 Å². The van der Waals surface area contributed by atoms with Gasteiger partial charge in [-0.1, -0.05) is 43.7 Å². The first kappa shape index (κ1) is 12.8. The van der Waals surface area contributed by atoms with Crippen LogP contribution in [0, 0.1) is 0 Å². The van der Waals surface area contributed by atoms with Crippen LogP contribution < -0.4 is 5.32 Å². The van der Waals surface area contributed by atoms with Gasteiger partial charge in [-0.3, -0.25) is 4.79 Å². The average molecular weight is 259 g/mol. The first-order chi connectivity index (χ1) is 8.81. The number of hydrogen-bond donors (Lipinski definition) is 1. The number of carbonyl (C=O) groups excluding carboxylic acids is 1. The molecule has 0 aliphatic heterocycles. The summed E-state index contributed by atoms with van der Waals surface area (Å²) in [5.74, 6) is 0.0125. The van der Waals surface area contributed by atoms with Crippen LogP contribution in [0.3, 0.4) is 0 Å². The van der Waals surface area contributed by atoms with Gasteiger partial charge in [0.1, 0.15) is 0 Å². The Morgan fingerprint density at radius 2 is 2.06 bits per heavy atom. The number of nitrogens with one attached hydrogen (secondary N) is 1. The molecule has 0 aliphatic carbocycles. The maximum Gasteiger partial charge on any atom is 0.252 e. The molecular formula is C15H17NOS. The first-order valence-electron chi connectivity index (χ1n) is 6.19. The van der Waals surface area contributed by atoms with Gasteiger partial charge in [-0.2, -0.15) is 11.3 Å². The van der Waals surface area contributed by atoms with Gasteiger partial charge in [-0.05, 0) is 23.4 Å². The molecule has 0 unspecified atom stereocenters. The Morgan fingerprint density at radius 1 is 1.28 bits per heavy atom. The molecule has 1 amide bonds. The highest BCUT2D eigenvalue weighted by Crippen LogP contribution is 2.19. The van der Waals surface area contributed by atoms with E-state index < -0.39 is 0 Å². The molecule has 1 aromatic heterocycles. The van der Waals surface area contributed by atoms with Crippen molar-refractivity contribution >= 4 is 17.2 Å². The van der Waals surface area contributed by atoms with Crippen molar-refractivity contribution in [2.75, 3.05) is 0 Å². The molecule has 0 aliphatic rings. The normalized spacial score (nSPS) is 12.1. The number of rotatable bonds is 5. The van der Waals surface area contributed by atoms with Crippen molar-refractivity contribution in [3.05, 3.63) is 58.3 Å². The van der Waals surface area contributed by atoms with Gasteiger partial charge in [0.05, 0.1) is 11.6 Å². The van der Waals surface area contributed by atoms with Crippen LogP contribution in [0.25, 0.3) is 0 Å². The third kappa shape index (κ3) is 3.20. The lowest BCUT2D eigenvalue weighted by atomic mass is 10.0. The fourth-order valence-corrected chi connectivity index (χ4v) is 2.57. The van der Waals surface area contributed by atoms with E-state index in [0.717, 1.165) is 18.4 Å². The largest absolute Gasteiger partial charge is 0.345 e. The van der Waals surface area contributed by atoms with Gasteiger partial charge >= 0.3 is 0 Å². The first-order valence-corrected chi connectivity index (χ1v) is 7.13. The molecule has 0 spiro atoms. The van der Waals surface area contributed by atoms with Gasteiger partial charge in [0.2, 0.25) is 0 Å². The van der Waals surface area contributed by atoms with Crippen LogP contribution in [0.1, 0.15) is 41.7 Å². The lowest BCUT2D eigenvalue weighted by molar-refractivity contribution is 0.0935. The summed E-state index contributed by atoms with van der Waals surface area (Å²) in [5.41, 5.74) is 1.92. The molecule has 0 fully saturated rings. The number of benzene rings is 1. The molecule has 3 heteroatoms. The molecule has 2 nitrogen and oxygen atoms in total. The number of carbonyl (C=O) groups is 1. The number of hydrogen-bond acceptors (Lipinski definition) is 2. The van der Waals surface area contributed by atoms with Crippen LogP contribution >= 0.6 is 11.3 Å². The quantitative estimate of drug-likeness (QED) is 0.863. The Kier molecular flexibility index (Phi) is 4.53. The standard InChI is InChI=1S/C15H17NOS/c1-2-6-14(12-7-4-3-5-8-12)16-15(17)13-9-10-18-11-13/h3-5,7-11,14H,2,6H2,1H3,(H,16,17)/t14-/m0/s1. The lowest BCUT2D eigenvalue weighted by Gasteiger charge is -2.18. The number of thiophene rings is 1. The van der Waals surface area contributed by atoms with E-state index in [2.05, 4.69) is 24.4 Å². The minimum Gasteiger partial charge on any atom is -0.345 e. The minimum atomic E-state index is 0.0125. The van der Waals surface area contributed by atoms with E-state index in [0.29, 0.717) is 0 Å². The minimum absolute atomic E-state index is 0.0125. The van der Waals surface area contributed by atoms with E-state index in [-0.39, 0.29) is 11.9 Å². The molecule has 1 aromatic carbocycles. The van der Waals surface area contributed by atoms with Gasteiger partial charge in [0, 0.05) is 5.38 Å². The Bertz CT molecular complexity index is 478. The monoisotopic (exact) mass is 259 g/mol. The zero-order chi connectivity index (χ0) is 12.8. The Labute approximate surface area is 112 Å². The predicted octanol–water partition coefficient (Wildman–Crippen LogP) is 4.02. The summed E-state index contributed by atoms with van der Waals surface area (Å²) < 4.78 is 0. The maximum atomic E-state index is 12.1. The maximum absolute atomic E-state index is 12.1. The van der Waals surface area contributed by atoms with Crippen LogP contribution in [-0.4, -0.2) is 5.91 Å². The Hall–Kier alpha value is -1.61. The van der Waals surface area contributed by atoms with Crippen molar-refractivity contribution in [2.45, 2.75) is 25.8 Å². The highest BCUT2D eigenvalue weighted by Gasteiger charge is 2.14. The van der Waals surface area contributed by atoms with Crippen molar-refractivity contribution in [2.24, 2.45) is 0 Å². The van der Waals surface area contributed by atoms with Crippen LogP contribution in [-0.2, 0) is 0 Å². The third-order valence-electron chi connectivity index (χ3n) is 2.87. The van der Waals surface area contributed by atoms with Gasteiger partial charge < -0.3 is 5.32 Å². The smallest absolute Gasteiger partial charge is 0.252 e. The second kappa shape index (κ2) is 6.36. The predicted molar refractivity (Wildman–Crippen MR) is 75.9 cm³/mol. The lowest BCUT2D eigenvalue weighted by Crippen LogP contribution is -2.28. The molecule has 0 saturated heterocycles. The van der Waals surface area contributed by atoms with Crippen molar-refractivity contribution in [1.82, 2.24) is 5.32 Å². The van der Waals surface area contributed by atoms with E-state index in [1.807, 2.05) is 35.0 Å². The second-order valence-electron chi connectivity index (χ2n) is 4.24. The summed E-state index contributed by atoms with van der Waals surface area (Å²) in [6, 6.07) is 12.1. The molecule has 1 heterocycles. The molecule has 18 heavy (non-hydrogen) atoms. The molecule has 0 bridgehead atoms. The highest BCUT2D eigenvalue weighted by molar-refractivity contribution is 7.08. The van der Waals surface area contributed by atoms with Crippen molar-refractivity contribution in [1.29, 1.82) is 0 Å². The fraction of sp³-hybridized carbons (Fsp3) is 0.267. The van der Waals surface area contributed by atoms with Gasteiger partial charge in [0.25, 0.3) is 5.91 Å². The molecule has 1 N–H and O–H groups in total. The molecule has 2 aromatic rings. The fourth-order valence-electron chi connectivity index (χ4n) is 1.93. The van der Waals surface area contributed by atoms with Crippen LogP contribution in [0.2, 0.25) is 0 Å². The van der Waals surface area contributed by atoms with E-state index in [4.69, 9.17) is 0 Å². The molecule has 94 valence electrons. The summed E-state index contributed by atoms with van der Waals surface area (Å²) >= 11 is 1.54. The van der Waals surface area contributed by atoms with Crippen molar-refractivity contribution in [3.63, 3.8) is 0 Å². The summed E-state index contributed by atoms with van der Waals surface area (Å²) in [7, 11) is 0. The molecule has 0 radical (unpaired) electrons. The van der Waals surface area contributed by atoms with E-state index in [1.54, 1.807) is 11.3 Å². The zero-order valence-corrected chi connectivity index (χ0v) is 11.2. The van der Waals surface area contributed by atoms with Crippen LogP contribution in [0.4, 0.5) is 0 Å². The van der Waals surface area contributed by atoms with E-state index in [1.165, 1.54) is 5.56 Å². The SMILES string of the molecule is CCC[C@H](NC(=O)c1ccsc1)c1ccccc1. The Balaban J connectivity index is 2.10. The topological polar surface area (TPSA) is 29.1 Å². The molecule has 1 atom stereocenters. The summed E-state index contributed by atoms with van der Waals surface area (Å²) in [6.07, 6.45) is 2.00. The van der Waals surface area contributed by atoms with Crippen molar-refractivity contribution < 1.29 is 4.79 Å². The second-order valence-corrected chi connectivity index (χ2v) is 5.02. The summed E-state index contributed by atoms with van der Waals surface area (Å²) in [5, 5.41) is 6.91. The van der Waals surface area contributed by atoms with E-state index >= 15 is 0 Å². The third-order valence-corrected chi connectivity index (χ3v) is 3.55. The van der Waals surface area contributed by atoms with Gasteiger partial charge in [-0.15, -0.1) is 0 Å². The van der Waals surface area contributed by atoms with Crippen LogP contribution in [0.5, 0.6) is 0 Å². The molecular weight excluding hydrogens is 242 g/mol. The molecule has 2 rings (SSSR count). The van der Waals surface area contributed by atoms with E-state index in [9.17, 15) is 4.79 Å². The number of amides is 1.